The molecule has 0 saturated carbocycles. The van der Waals surface area contributed by atoms with E-state index in [0.29, 0.717) is 5.56 Å². The molecule has 0 saturated heterocycles. The van der Waals surface area contributed by atoms with Crippen LogP contribution >= 0.6 is 0 Å². The lowest BCUT2D eigenvalue weighted by atomic mass is 9.78. The summed E-state index contributed by atoms with van der Waals surface area (Å²) < 4.78 is 5.02. The van der Waals surface area contributed by atoms with Crippen molar-refractivity contribution in [3.63, 3.8) is 0 Å². The number of nitrogens with one attached hydrogen (secondary N) is 2. The van der Waals surface area contributed by atoms with Crippen LogP contribution in [0.25, 0.3) is 0 Å². The molecule has 0 bridgehead atoms. The summed E-state index contributed by atoms with van der Waals surface area (Å²) in [6.45, 7) is 3.66. The van der Waals surface area contributed by atoms with E-state index in [9.17, 15) is 19.6 Å². The SMILES string of the molecule is COc1ccc(C(=O)NCc2c(C)cc(C)[nH]c2=O)cc1B(O)O. The number of methoxy groups -OCH3 is 1. The first-order chi connectivity index (χ1) is 11.3. The number of rotatable bonds is 5. The Balaban J connectivity index is 2.19. The molecule has 1 heterocycles. The summed E-state index contributed by atoms with van der Waals surface area (Å²) in [6, 6.07) is 6.15. The third-order valence-corrected chi connectivity index (χ3v) is 3.69. The van der Waals surface area contributed by atoms with Gasteiger partial charge in [0.2, 0.25) is 0 Å². The van der Waals surface area contributed by atoms with Crippen molar-refractivity contribution in [3.05, 3.63) is 57.0 Å². The molecule has 1 amide bonds. The molecule has 1 aromatic heterocycles. The number of amides is 1. The van der Waals surface area contributed by atoms with Crippen LogP contribution in [0.1, 0.15) is 27.2 Å². The van der Waals surface area contributed by atoms with Crippen LogP contribution < -0.4 is 21.1 Å². The summed E-state index contributed by atoms with van der Waals surface area (Å²) in [6.07, 6.45) is 0. The van der Waals surface area contributed by atoms with E-state index >= 15 is 0 Å². The lowest BCUT2D eigenvalue weighted by Gasteiger charge is -2.11. The first-order valence-corrected chi connectivity index (χ1v) is 7.35. The van der Waals surface area contributed by atoms with Gasteiger partial charge in [0.15, 0.2) is 0 Å². The Morgan fingerprint density at radius 3 is 2.58 bits per heavy atom. The van der Waals surface area contributed by atoms with E-state index in [1.807, 2.05) is 6.07 Å². The molecule has 2 rings (SSSR count). The van der Waals surface area contributed by atoms with Crippen molar-refractivity contribution in [1.29, 1.82) is 0 Å². The summed E-state index contributed by atoms with van der Waals surface area (Å²) in [4.78, 5) is 26.9. The molecule has 0 aliphatic heterocycles. The highest BCUT2D eigenvalue weighted by atomic mass is 16.5. The largest absolute Gasteiger partial charge is 0.497 e. The number of hydrogen-bond acceptors (Lipinski definition) is 5. The van der Waals surface area contributed by atoms with Gasteiger partial charge in [-0.05, 0) is 43.7 Å². The molecule has 2 aromatic rings. The minimum Gasteiger partial charge on any atom is -0.497 e. The minimum atomic E-state index is -1.75. The second kappa shape index (κ2) is 7.33. The van der Waals surface area contributed by atoms with Crippen molar-refractivity contribution in [2.24, 2.45) is 0 Å². The average molecular weight is 330 g/mol. The van der Waals surface area contributed by atoms with Crippen molar-refractivity contribution < 1.29 is 19.6 Å². The van der Waals surface area contributed by atoms with Crippen LogP contribution in [-0.2, 0) is 6.54 Å². The smallest absolute Gasteiger partial charge is 0.492 e. The molecule has 1 aromatic carbocycles. The lowest BCUT2D eigenvalue weighted by molar-refractivity contribution is 0.0951. The Morgan fingerprint density at radius 2 is 2.00 bits per heavy atom. The summed E-state index contributed by atoms with van der Waals surface area (Å²) in [5.74, 6) is -0.161. The number of carbonyl (C=O) groups is 1. The number of pyridine rings is 1. The Kier molecular flexibility index (Phi) is 5.43. The zero-order valence-corrected chi connectivity index (χ0v) is 13.7. The van der Waals surface area contributed by atoms with E-state index in [1.165, 1.54) is 25.3 Å². The molecular formula is C16H19BN2O5. The summed E-state index contributed by atoms with van der Waals surface area (Å²) >= 11 is 0. The topological polar surface area (TPSA) is 112 Å². The van der Waals surface area contributed by atoms with Crippen molar-refractivity contribution in [3.8, 4) is 5.75 Å². The number of aryl methyl sites for hydroxylation is 2. The monoisotopic (exact) mass is 330 g/mol. The predicted octanol–water partition coefficient (Wildman–Crippen LogP) is -0.390. The fourth-order valence-electron chi connectivity index (χ4n) is 2.45. The van der Waals surface area contributed by atoms with Gasteiger partial charge in [0.1, 0.15) is 5.75 Å². The standard InChI is InChI=1S/C16H19BN2O5/c1-9-6-10(2)19-16(21)12(9)8-18-15(20)11-4-5-14(24-3)13(7-11)17(22)23/h4-7,22-23H,8H2,1-3H3,(H,18,20)(H,19,21). The van der Waals surface area contributed by atoms with Crippen LogP contribution in [0.15, 0.2) is 29.1 Å². The first kappa shape index (κ1) is 17.8. The Hall–Kier alpha value is -2.58. The third kappa shape index (κ3) is 3.84. The van der Waals surface area contributed by atoms with Crippen LogP contribution in [0.2, 0.25) is 0 Å². The number of carbonyl (C=O) groups excluding carboxylic acids is 1. The highest BCUT2D eigenvalue weighted by Gasteiger charge is 2.19. The van der Waals surface area contributed by atoms with Gasteiger partial charge < -0.3 is 25.1 Å². The van der Waals surface area contributed by atoms with Crippen molar-refractivity contribution in [2.45, 2.75) is 20.4 Å². The van der Waals surface area contributed by atoms with Gasteiger partial charge >= 0.3 is 7.12 Å². The minimum absolute atomic E-state index is 0.0727. The van der Waals surface area contributed by atoms with Crippen molar-refractivity contribution in [2.75, 3.05) is 7.11 Å². The van der Waals surface area contributed by atoms with Crippen LogP contribution in [0.3, 0.4) is 0 Å². The Morgan fingerprint density at radius 1 is 1.29 bits per heavy atom. The zero-order valence-electron chi connectivity index (χ0n) is 13.7. The van der Waals surface area contributed by atoms with E-state index < -0.39 is 13.0 Å². The molecule has 0 aliphatic carbocycles. The van der Waals surface area contributed by atoms with Crippen molar-refractivity contribution in [1.82, 2.24) is 10.3 Å². The van der Waals surface area contributed by atoms with Crippen LogP contribution in [0, 0.1) is 13.8 Å². The van der Waals surface area contributed by atoms with Gasteiger partial charge in [-0.1, -0.05) is 0 Å². The quantitative estimate of drug-likeness (QED) is 0.558. The van der Waals surface area contributed by atoms with E-state index in [0.717, 1.165) is 11.3 Å². The van der Waals surface area contributed by atoms with E-state index in [4.69, 9.17) is 4.74 Å². The van der Waals surface area contributed by atoms with Gasteiger partial charge in [0.25, 0.3) is 11.5 Å². The number of aromatic nitrogens is 1. The third-order valence-electron chi connectivity index (χ3n) is 3.69. The number of benzene rings is 1. The van der Waals surface area contributed by atoms with E-state index in [2.05, 4.69) is 10.3 Å². The molecule has 0 fully saturated rings. The van der Waals surface area contributed by atoms with Gasteiger partial charge in [-0.15, -0.1) is 0 Å². The highest BCUT2D eigenvalue weighted by Crippen LogP contribution is 2.10. The van der Waals surface area contributed by atoms with Crippen LogP contribution in [0.4, 0.5) is 0 Å². The second-order valence-electron chi connectivity index (χ2n) is 5.46. The van der Waals surface area contributed by atoms with E-state index in [-0.39, 0.29) is 28.9 Å². The van der Waals surface area contributed by atoms with Gasteiger partial charge in [-0.25, -0.2) is 0 Å². The molecular weight excluding hydrogens is 311 g/mol. The molecule has 0 radical (unpaired) electrons. The van der Waals surface area contributed by atoms with Crippen molar-refractivity contribution >= 4 is 18.5 Å². The maximum Gasteiger partial charge on any atom is 0.492 e. The maximum absolute atomic E-state index is 12.3. The summed E-state index contributed by atoms with van der Waals surface area (Å²) in [5, 5.41) is 21.4. The molecule has 0 aliphatic rings. The average Bonchev–Trinajstić information content (AvgIpc) is 2.52. The van der Waals surface area contributed by atoms with Gasteiger partial charge in [0.05, 0.1) is 7.11 Å². The molecule has 7 nitrogen and oxygen atoms in total. The maximum atomic E-state index is 12.3. The van der Waals surface area contributed by atoms with Crippen LogP contribution in [0.5, 0.6) is 5.75 Å². The molecule has 126 valence electrons. The predicted molar refractivity (Wildman–Crippen MR) is 90.5 cm³/mol. The molecule has 0 atom stereocenters. The fraction of sp³-hybridized carbons (Fsp3) is 0.250. The number of aromatic amines is 1. The number of hydrogen-bond donors (Lipinski definition) is 4. The first-order valence-electron chi connectivity index (χ1n) is 7.35. The van der Waals surface area contributed by atoms with Crippen LogP contribution in [-0.4, -0.2) is 35.2 Å². The Bertz CT molecular complexity index is 817. The number of ether oxygens (including phenoxy) is 1. The molecule has 24 heavy (non-hydrogen) atoms. The molecule has 4 N–H and O–H groups in total. The summed E-state index contributed by atoms with van der Waals surface area (Å²) in [7, 11) is -0.359. The summed E-state index contributed by atoms with van der Waals surface area (Å²) in [5.41, 5.74) is 2.11. The van der Waals surface area contributed by atoms with Gasteiger partial charge in [0, 0.05) is 28.8 Å². The molecule has 0 unspecified atom stereocenters. The van der Waals surface area contributed by atoms with Gasteiger partial charge in [-0.2, -0.15) is 0 Å². The van der Waals surface area contributed by atoms with Gasteiger partial charge in [-0.3, -0.25) is 9.59 Å². The van der Waals surface area contributed by atoms with E-state index in [1.54, 1.807) is 13.8 Å². The molecule has 0 spiro atoms. The Labute approximate surface area is 139 Å². The normalized spacial score (nSPS) is 10.4. The lowest BCUT2D eigenvalue weighted by Crippen LogP contribution is -2.33. The fourth-order valence-corrected chi connectivity index (χ4v) is 2.45. The number of H-pyrrole nitrogens is 1. The molecule has 8 heteroatoms. The zero-order chi connectivity index (χ0) is 17.9. The highest BCUT2D eigenvalue weighted by molar-refractivity contribution is 6.59. The second-order valence-corrected chi connectivity index (χ2v) is 5.46.